The van der Waals surface area contributed by atoms with Crippen LogP contribution in [0.3, 0.4) is 0 Å². The first-order valence-electron chi connectivity index (χ1n) is 9.79. The molecule has 1 aromatic carbocycles. The Balaban J connectivity index is 1.88. The molecule has 0 bridgehead atoms. The Bertz CT molecular complexity index is 592. The molecule has 27 heavy (non-hydrogen) atoms. The maximum absolute atomic E-state index is 12.7. The molecule has 6 heteroatoms. The predicted molar refractivity (Wildman–Crippen MR) is 104 cm³/mol. The number of ether oxygens (including phenoxy) is 2. The van der Waals surface area contributed by atoms with Crippen molar-refractivity contribution in [2.24, 2.45) is 0 Å². The topological polar surface area (TPSA) is 67.9 Å². The highest BCUT2D eigenvalue weighted by Crippen LogP contribution is 2.23. The monoisotopic (exact) mass is 376 g/mol. The molecule has 150 valence electrons. The van der Waals surface area contributed by atoms with E-state index in [1.807, 2.05) is 51.1 Å². The van der Waals surface area contributed by atoms with Crippen molar-refractivity contribution in [3.63, 3.8) is 0 Å². The molecule has 0 aromatic heterocycles. The minimum Gasteiger partial charge on any atom is -0.445 e. The molecule has 0 spiro atoms. The van der Waals surface area contributed by atoms with Gasteiger partial charge in [0, 0.05) is 19.1 Å². The number of alkyl carbamates (subject to hydrolysis) is 1. The second-order valence-corrected chi connectivity index (χ2v) is 7.95. The van der Waals surface area contributed by atoms with Gasteiger partial charge in [0.05, 0.1) is 0 Å². The molecule has 0 unspecified atom stereocenters. The van der Waals surface area contributed by atoms with Crippen LogP contribution in [-0.4, -0.2) is 41.8 Å². The molecule has 0 saturated heterocycles. The molecule has 0 aliphatic heterocycles. The number of benzene rings is 1. The Morgan fingerprint density at radius 3 is 2.41 bits per heavy atom. The molecule has 2 amide bonds. The first kappa shape index (κ1) is 21.1. The van der Waals surface area contributed by atoms with Gasteiger partial charge in [-0.2, -0.15) is 0 Å². The van der Waals surface area contributed by atoms with Crippen molar-refractivity contribution < 1.29 is 19.1 Å². The van der Waals surface area contributed by atoms with Crippen LogP contribution in [0.5, 0.6) is 0 Å². The quantitative estimate of drug-likeness (QED) is 0.795. The van der Waals surface area contributed by atoms with Crippen LogP contribution in [0, 0.1) is 0 Å². The van der Waals surface area contributed by atoms with Crippen LogP contribution >= 0.6 is 0 Å². The van der Waals surface area contributed by atoms with Gasteiger partial charge in [0.15, 0.2) is 0 Å². The van der Waals surface area contributed by atoms with E-state index in [1.54, 1.807) is 4.90 Å². The number of carbonyl (C=O) groups excluding carboxylic acids is 2. The lowest BCUT2D eigenvalue weighted by Crippen LogP contribution is -2.46. The van der Waals surface area contributed by atoms with Crippen LogP contribution < -0.4 is 5.32 Å². The maximum Gasteiger partial charge on any atom is 0.410 e. The van der Waals surface area contributed by atoms with Crippen LogP contribution in [0.15, 0.2) is 30.3 Å². The normalized spacial score (nSPS) is 15.1. The second-order valence-electron chi connectivity index (χ2n) is 7.95. The van der Waals surface area contributed by atoms with Gasteiger partial charge in [-0.05, 0) is 39.2 Å². The standard InChI is InChI=1S/C21H32N2O4/c1-21(2,3)27-19(24)22-14-15-23(18-12-8-5-9-13-18)20(25)26-16-17-10-6-4-7-11-17/h4,6-7,10-11,18H,5,8-9,12-16H2,1-3H3,(H,22,24). The number of nitrogens with one attached hydrogen (secondary N) is 1. The summed E-state index contributed by atoms with van der Waals surface area (Å²) in [6.45, 7) is 6.47. The van der Waals surface area contributed by atoms with Crippen molar-refractivity contribution in [3.8, 4) is 0 Å². The number of hydrogen-bond acceptors (Lipinski definition) is 4. The molecule has 0 radical (unpaired) electrons. The lowest BCUT2D eigenvalue weighted by atomic mass is 9.94. The van der Waals surface area contributed by atoms with Gasteiger partial charge >= 0.3 is 12.2 Å². The zero-order chi connectivity index (χ0) is 19.7. The Labute approximate surface area is 162 Å². The third-order valence-electron chi connectivity index (χ3n) is 4.48. The Kier molecular flexibility index (Phi) is 7.95. The van der Waals surface area contributed by atoms with E-state index in [0.717, 1.165) is 31.2 Å². The zero-order valence-corrected chi connectivity index (χ0v) is 16.7. The minimum absolute atomic E-state index is 0.169. The Morgan fingerprint density at radius 2 is 1.78 bits per heavy atom. The van der Waals surface area contributed by atoms with Gasteiger partial charge in [-0.1, -0.05) is 49.6 Å². The van der Waals surface area contributed by atoms with E-state index in [0.29, 0.717) is 13.1 Å². The smallest absolute Gasteiger partial charge is 0.410 e. The first-order chi connectivity index (χ1) is 12.8. The van der Waals surface area contributed by atoms with Crippen molar-refractivity contribution in [2.75, 3.05) is 13.1 Å². The van der Waals surface area contributed by atoms with E-state index in [9.17, 15) is 9.59 Å². The average Bonchev–Trinajstić information content (AvgIpc) is 2.63. The predicted octanol–water partition coefficient (Wildman–Crippen LogP) is 4.48. The van der Waals surface area contributed by atoms with Gasteiger partial charge in [-0.3, -0.25) is 0 Å². The zero-order valence-electron chi connectivity index (χ0n) is 16.7. The van der Waals surface area contributed by atoms with Gasteiger partial charge in [0.2, 0.25) is 0 Å². The van der Waals surface area contributed by atoms with Gasteiger partial charge in [-0.25, -0.2) is 9.59 Å². The molecule has 1 aromatic rings. The fourth-order valence-corrected chi connectivity index (χ4v) is 3.21. The largest absolute Gasteiger partial charge is 0.445 e. The van der Waals surface area contributed by atoms with Gasteiger partial charge in [0.25, 0.3) is 0 Å². The number of hydrogen-bond donors (Lipinski definition) is 1. The maximum atomic E-state index is 12.7. The minimum atomic E-state index is -0.540. The molecule has 2 rings (SSSR count). The number of nitrogens with zero attached hydrogens (tertiary/aromatic N) is 1. The number of carbonyl (C=O) groups is 2. The van der Waals surface area contributed by atoms with Crippen molar-refractivity contribution in [3.05, 3.63) is 35.9 Å². The summed E-state index contributed by atoms with van der Waals surface area (Å²) in [5.41, 5.74) is 0.420. The summed E-state index contributed by atoms with van der Waals surface area (Å²) in [6, 6.07) is 9.81. The summed E-state index contributed by atoms with van der Waals surface area (Å²) in [6.07, 6.45) is 4.61. The van der Waals surface area contributed by atoms with Gasteiger partial charge in [-0.15, -0.1) is 0 Å². The molecular formula is C21H32N2O4. The van der Waals surface area contributed by atoms with E-state index < -0.39 is 11.7 Å². The van der Waals surface area contributed by atoms with Crippen LogP contribution in [-0.2, 0) is 16.1 Å². The third kappa shape index (κ3) is 7.89. The van der Waals surface area contributed by atoms with Crippen molar-refractivity contribution in [1.82, 2.24) is 10.2 Å². The van der Waals surface area contributed by atoms with Crippen molar-refractivity contribution >= 4 is 12.2 Å². The SMILES string of the molecule is CC(C)(C)OC(=O)NCCN(C(=O)OCc1ccccc1)C1CCCCC1. The highest BCUT2D eigenvalue weighted by atomic mass is 16.6. The lowest BCUT2D eigenvalue weighted by molar-refractivity contribution is 0.0494. The van der Waals surface area contributed by atoms with Gasteiger partial charge < -0.3 is 19.7 Å². The Morgan fingerprint density at radius 1 is 1.11 bits per heavy atom. The molecule has 0 atom stereocenters. The molecule has 1 saturated carbocycles. The fraction of sp³-hybridized carbons (Fsp3) is 0.619. The van der Waals surface area contributed by atoms with Crippen LogP contribution in [0.25, 0.3) is 0 Å². The lowest BCUT2D eigenvalue weighted by Gasteiger charge is -2.33. The molecule has 0 heterocycles. The van der Waals surface area contributed by atoms with Crippen LogP contribution in [0.2, 0.25) is 0 Å². The highest BCUT2D eigenvalue weighted by Gasteiger charge is 2.26. The molecule has 1 aliphatic rings. The summed E-state index contributed by atoms with van der Waals surface area (Å²) in [5, 5.41) is 2.73. The second kappa shape index (κ2) is 10.2. The van der Waals surface area contributed by atoms with E-state index in [1.165, 1.54) is 6.42 Å². The first-order valence-corrected chi connectivity index (χ1v) is 9.79. The summed E-state index contributed by atoms with van der Waals surface area (Å²) < 4.78 is 10.8. The highest BCUT2D eigenvalue weighted by molar-refractivity contribution is 5.69. The van der Waals surface area contributed by atoms with Crippen molar-refractivity contribution in [1.29, 1.82) is 0 Å². The summed E-state index contributed by atoms with van der Waals surface area (Å²) in [7, 11) is 0. The summed E-state index contributed by atoms with van der Waals surface area (Å²) in [5.74, 6) is 0. The summed E-state index contributed by atoms with van der Waals surface area (Å²) in [4.78, 5) is 26.3. The van der Waals surface area contributed by atoms with Gasteiger partial charge in [0.1, 0.15) is 12.2 Å². The molecule has 1 fully saturated rings. The van der Waals surface area contributed by atoms with Crippen molar-refractivity contribution in [2.45, 2.75) is 71.1 Å². The molecule has 1 N–H and O–H groups in total. The third-order valence-corrected chi connectivity index (χ3v) is 4.48. The van der Waals surface area contributed by atoms with E-state index >= 15 is 0 Å². The van der Waals surface area contributed by atoms with E-state index in [-0.39, 0.29) is 18.7 Å². The molecule has 6 nitrogen and oxygen atoms in total. The molecule has 1 aliphatic carbocycles. The fourth-order valence-electron chi connectivity index (χ4n) is 3.21. The summed E-state index contributed by atoms with van der Waals surface area (Å²) >= 11 is 0. The number of amides is 2. The number of rotatable bonds is 6. The van der Waals surface area contributed by atoms with Crippen LogP contribution in [0.1, 0.15) is 58.4 Å². The van der Waals surface area contributed by atoms with Crippen LogP contribution in [0.4, 0.5) is 9.59 Å². The Hall–Kier alpha value is -2.24. The molecular weight excluding hydrogens is 344 g/mol. The average molecular weight is 376 g/mol. The van der Waals surface area contributed by atoms with E-state index in [2.05, 4.69) is 5.32 Å². The van der Waals surface area contributed by atoms with E-state index in [4.69, 9.17) is 9.47 Å².